The molecule has 3 aromatic carbocycles. The lowest BCUT2D eigenvalue weighted by Gasteiger charge is -2.29. The van der Waals surface area contributed by atoms with Crippen LogP contribution in [0.25, 0.3) is 0 Å². The van der Waals surface area contributed by atoms with Crippen molar-refractivity contribution in [2.24, 2.45) is 0 Å². The zero-order valence-corrected chi connectivity index (χ0v) is 17.5. The molecule has 0 spiro atoms. The topological polar surface area (TPSA) is 88.0 Å². The van der Waals surface area contributed by atoms with Gasteiger partial charge in [0.05, 0.1) is 18.9 Å². The summed E-state index contributed by atoms with van der Waals surface area (Å²) in [5.74, 6) is -0.380. The maximum Gasteiger partial charge on any atom is 0.290 e. The second kappa shape index (κ2) is 10.1. The molecule has 1 aliphatic heterocycles. The molecule has 3 N–H and O–H groups in total. The molecule has 1 heterocycles. The van der Waals surface area contributed by atoms with Gasteiger partial charge in [0, 0.05) is 12.3 Å². The van der Waals surface area contributed by atoms with Gasteiger partial charge in [-0.2, -0.15) is 0 Å². The highest BCUT2D eigenvalue weighted by atomic mass is 16.7. The van der Waals surface area contributed by atoms with Gasteiger partial charge in [0.15, 0.2) is 5.76 Å². The van der Waals surface area contributed by atoms with Crippen molar-refractivity contribution in [1.29, 1.82) is 0 Å². The van der Waals surface area contributed by atoms with Crippen molar-refractivity contribution in [2.75, 3.05) is 5.32 Å². The van der Waals surface area contributed by atoms with Crippen LogP contribution in [0, 0.1) is 0 Å². The van der Waals surface area contributed by atoms with Gasteiger partial charge in [0.2, 0.25) is 6.29 Å². The lowest BCUT2D eigenvalue weighted by molar-refractivity contribution is -0.147. The Morgan fingerprint density at radius 2 is 1.66 bits per heavy atom. The molecule has 164 valence electrons. The predicted molar refractivity (Wildman–Crippen MR) is 121 cm³/mol. The molecule has 0 aliphatic carbocycles. The van der Waals surface area contributed by atoms with Crippen molar-refractivity contribution >= 4 is 11.6 Å². The van der Waals surface area contributed by atoms with Gasteiger partial charge in [-0.1, -0.05) is 66.7 Å². The van der Waals surface area contributed by atoms with E-state index in [1.807, 2.05) is 54.6 Å². The van der Waals surface area contributed by atoms with Gasteiger partial charge in [-0.15, -0.1) is 0 Å². The molecule has 3 aromatic rings. The van der Waals surface area contributed by atoms with Gasteiger partial charge >= 0.3 is 0 Å². The molecular weight excluding hydrogens is 406 g/mol. The van der Waals surface area contributed by atoms with Crippen LogP contribution in [0.5, 0.6) is 5.75 Å². The molecule has 1 aliphatic rings. The van der Waals surface area contributed by atoms with E-state index >= 15 is 0 Å². The molecule has 1 amide bonds. The average Bonchev–Trinajstić information content (AvgIpc) is 2.85. The lowest BCUT2D eigenvalue weighted by Crippen LogP contribution is -2.29. The normalized spacial score (nSPS) is 17.8. The van der Waals surface area contributed by atoms with E-state index in [0.29, 0.717) is 18.7 Å². The summed E-state index contributed by atoms with van der Waals surface area (Å²) < 4.78 is 11.9. The second-order valence-electron chi connectivity index (χ2n) is 7.59. The highest BCUT2D eigenvalue weighted by Crippen LogP contribution is 2.32. The molecule has 0 radical (unpaired) electrons. The summed E-state index contributed by atoms with van der Waals surface area (Å²) in [6.45, 7) is 0.304. The van der Waals surface area contributed by atoms with Crippen molar-refractivity contribution in [2.45, 2.75) is 31.8 Å². The van der Waals surface area contributed by atoms with E-state index < -0.39 is 12.2 Å². The number of nitrogens with one attached hydrogen (secondary N) is 1. The molecule has 6 heteroatoms. The summed E-state index contributed by atoms with van der Waals surface area (Å²) in [5, 5.41) is 21.9. The first-order valence-electron chi connectivity index (χ1n) is 10.5. The van der Waals surface area contributed by atoms with Crippen molar-refractivity contribution in [3.8, 4) is 5.75 Å². The molecular formula is C26H25NO5. The Bertz CT molecular complexity index is 1080. The van der Waals surface area contributed by atoms with E-state index in [1.165, 1.54) is 6.07 Å². The smallest absolute Gasteiger partial charge is 0.290 e. The summed E-state index contributed by atoms with van der Waals surface area (Å²) in [7, 11) is 0. The Morgan fingerprint density at radius 1 is 0.969 bits per heavy atom. The minimum absolute atomic E-state index is 0.00807. The zero-order chi connectivity index (χ0) is 22.3. The molecule has 32 heavy (non-hydrogen) atoms. The number of aromatic hydroxyl groups is 1. The highest BCUT2D eigenvalue weighted by Gasteiger charge is 2.29. The molecule has 2 unspecified atom stereocenters. The van der Waals surface area contributed by atoms with Crippen molar-refractivity contribution < 1.29 is 24.5 Å². The number of phenolic OH excluding ortho intramolecular Hbond substituents is 1. The number of allylic oxidation sites excluding steroid dienone is 1. The fraction of sp³-hybridized carbons (Fsp3) is 0.192. The van der Waals surface area contributed by atoms with Crippen LogP contribution in [0.3, 0.4) is 0 Å². The van der Waals surface area contributed by atoms with Crippen LogP contribution in [-0.4, -0.2) is 22.4 Å². The zero-order valence-electron chi connectivity index (χ0n) is 17.5. The minimum atomic E-state index is -0.618. The molecule has 0 fully saturated rings. The summed E-state index contributed by atoms with van der Waals surface area (Å²) in [4.78, 5) is 12.9. The summed E-state index contributed by atoms with van der Waals surface area (Å²) in [6, 6.07) is 23.9. The van der Waals surface area contributed by atoms with Crippen molar-refractivity contribution in [1.82, 2.24) is 0 Å². The third-order valence-electron chi connectivity index (χ3n) is 5.30. The van der Waals surface area contributed by atoms with Crippen LogP contribution in [0.1, 0.15) is 29.0 Å². The fourth-order valence-electron chi connectivity index (χ4n) is 3.54. The SMILES string of the molecule is O=C(Nc1ccccc1O)C1=CC(c2ccccc2)CC(OCc2ccc(CO)cc2)O1. The number of rotatable bonds is 7. The Kier molecular flexibility index (Phi) is 6.84. The number of ether oxygens (including phenoxy) is 2. The number of hydrogen-bond acceptors (Lipinski definition) is 5. The van der Waals surface area contributed by atoms with Gasteiger partial charge < -0.3 is 25.0 Å². The molecule has 0 saturated carbocycles. The van der Waals surface area contributed by atoms with Crippen LogP contribution in [-0.2, 0) is 27.5 Å². The Labute approximate surface area is 186 Å². The number of carbonyl (C=O) groups excluding carboxylic acids is 1. The summed E-state index contributed by atoms with van der Waals surface area (Å²) in [6.07, 6.45) is 1.74. The van der Waals surface area contributed by atoms with E-state index in [1.54, 1.807) is 24.3 Å². The monoisotopic (exact) mass is 431 g/mol. The number of carbonyl (C=O) groups is 1. The van der Waals surface area contributed by atoms with Crippen molar-refractivity contribution in [3.63, 3.8) is 0 Å². The van der Waals surface area contributed by atoms with Gasteiger partial charge in [-0.3, -0.25) is 4.79 Å². The van der Waals surface area contributed by atoms with Crippen molar-refractivity contribution in [3.05, 3.63) is 107 Å². The van der Waals surface area contributed by atoms with Crippen LogP contribution >= 0.6 is 0 Å². The van der Waals surface area contributed by atoms with Crippen LogP contribution < -0.4 is 5.32 Å². The molecule has 6 nitrogen and oxygen atoms in total. The number of anilines is 1. The van der Waals surface area contributed by atoms with E-state index in [9.17, 15) is 15.0 Å². The minimum Gasteiger partial charge on any atom is -0.506 e. The highest BCUT2D eigenvalue weighted by molar-refractivity contribution is 6.03. The van der Waals surface area contributed by atoms with Crippen LogP contribution in [0.4, 0.5) is 5.69 Å². The average molecular weight is 431 g/mol. The standard InChI is InChI=1S/C26H25NO5/c28-16-18-10-12-19(13-11-18)17-31-25-15-21(20-6-2-1-3-7-20)14-24(32-25)26(30)27-22-8-4-5-9-23(22)29/h1-14,21,25,28-29H,15-17H2,(H,27,30). The van der Waals surface area contributed by atoms with E-state index in [4.69, 9.17) is 9.47 Å². The number of phenols is 1. The maximum absolute atomic E-state index is 12.9. The molecule has 0 saturated heterocycles. The number of aliphatic hydroxyl groups is 1. The quantitative estimate of drug-likeness (QED) is 0.481. The summed E-state index contributed by atoms with van der Waals surface area (Å²) in [5.41, 5.74) is 3.14. The largest absolute Gasteiger partial charge is 0.506 e. The first-order chi connectivity index (χ1) is 15.6. The molecule has 0 bridgehead atoms. The molecule has 0 aromatic heterocycles. The van der Waals surface area contributed by atoms with Gasteiger partial charge in [0.25, 0.3) is 5.91 Å². The maximum atomic E-state index is 12.9. The Morgan fingerprint density at radius 3 is 2.38 bits per heavy atom. The number of hydrogen-bond donors (Lipinski definition) is 3. The van der Waals surface area contributed by atoms with E-state index in [2.05, 4.69) is 5.32 Å². The summed E-state index contributed by atoms with van der Waals surface area (Å²) >= 11 is 0. The van der Waals surface area contributed by atoms with Gasteiger partial charge in [-0.05, 0) is 34.9 Å². The molecule has 4 rings (SSSR count). The lowest BCUT2D eigenvalue weighted by atomic mass is 9.93. The van der Waals surface area contributed by atoms with Gasteiger partial charge in [0.1, 0.15) is 5.75 Å². The third kappa shape index (κ3) is 5.35. The molecule has 2 atom stereocenters. The number of benzene rings is 3. The third-order valence-corrected chi connectivity index (χ3v) is 5.30. The van der Waals surface area contributed by atoms with Crippen LogP contribution in [0.15, 0.2) is 90.7 Å². The first kappa shape index (κ1) is 21.6. The first-order valence-corrected chi connectivity index (χ1v) is 10.5. The second-order valence-corrected chi connectivity index (χ2v) is 7.59. The van der Waals surface area contributed by atoms with E-state index in [0.717, 1.165) is 16.7 Å². The van der Waals surface area contributed by atoms with Gasteiger partial charge in [-0.25, -0.2) is 0 Å². The number of amides is 1. The Hall–Kier alpha value is -3.61. The Balaban J connectivity index is 1.50. The van der Waals surface area contributed by atoms with E-state index in [-0.39, 0.29) is 24.0 Å². The predicted octanol–water partition coefficient (Wildman–Crippen LogP) is 4.45. The number of aliphatic hydroxyl groups excluding tert-OH is 1. The fourth-order valence-corrected chi connectivity index (χ4v) is 3.54. The van der Waals surface area contributed by atoms with Crippen LogP contribution in [0.2, 0.25) is 0 Å². The number of para-hydroxylation sites is 2.